The third kappa shape index (κ3) is 3.14. The number of carbonyl (C=O) groups is 1. The Morgan fingerprint density at radius 3 is 2.79 bits per heavy atom. The number of nitrogens with zero attached hydrogens (tertiary/aromatic N) is 1. The van der Waals surface area contributed by atoms with Gasteiger partial charge in [0.1, 0.15) is 0 Å². The summed E-state index contributed by atoms with van der Waals surface area (Å²) in [6.45, 7) is 0.121. The van der Waals surface area contributed by atoms with Gasteiger partial charge in [0.2, 0.25) is 0 Å². The average molecular weight is 327 g/mol. The number of halogens is 3. The first-order valence-corrected chi connectivity index (χ1v) is 6.20. The molecule has 0 atom stereocenters. The van der Waals surface area contributed by atoms with Gasteiger partial charge in [-0.3, -0.25) is 9.78 Å². The topological polar surface area (TPSA) is 42.0 Å². The van der Waals surface area contributed by atoms with Crippen LogP contribution in [0.25, 0.3) is 0 Å². The van der Waals surface area contributed by atoms with Gasteiger partial charge in [-0.15, -0.1) is 0 Å². The monoisotopic (exact) mass is 326 g/mol. The summed E-state index contributed by atoms with van der Waals surface area (Å²) in [7, 11) is 0. The second-order valence-electron chi connectivity index (χ2n) is 3.72. The fourth-order valence-corrected chi connectivity index (χ4v) is 1.88. The summed E-state index contributed by atoms with van der Waals surface area (Å²) in [5.74, 6) is -2.89. The highest BCUT2D eigenvalue weighted by Crippen LogP contribution is 2.14. The predicted molar refractivity (Wildman–Crippen MR) is 69.5 cm³/mol. The molecular formula is C13H9BrF2N2O. The van der Waals surface area contributed by atoms with Gasteiger partial charge in [-0.05, 0) is 40.2 Å². The van der Waals surface area contributed by atoms with E-state index in [2.05, 4.69) is 26.2 Å². The largest absolute Gasteiger partial charge is 0.346 e. The molecule has 98 valence electrons. The van der Waals surface area contributed by atoms with E-state index in [1.54, 1.807) is 18.3 Å². The van der Waals surface area contributed by atoms with E-state index in [0.717, 1.165) is 10.5 Å². The van der Waals surface area contributed by atoms with Crippen molar-refractivity contribution in [1.82, 2.24) is 10.3 Å². The smallest absolute Gasteiger partial charge is 0.254 e. The molecule has 0 aliphatic heterocycles. The Kier molecular flexibility index (Phi) is 4.21. The molecule has 0 fully saturated rings. The summed E-state index contributed by atoms with van der Waals surface area (Å²) < 4.78 is 27.1. The first-order chi connectivity index (χ1) is 9.09. The zero-order valence-corrected chi connectivity index (χ0v) is 11.2. The maximum Gasteiger partial charge on any atom is 0.254 e. The molecule has 0 aliphatic carbocycles. The van der Waals surface area contributed by atoms with Crippen molar-refractivity contribution in [1.29, 1.82) is 0 Å². The molecular weight excluding hydrogens is 318 g/mol. The third-order valence-corrected chi connectivity index (χ3v) is 3.17. The van der Waals surface area contributed by atoms with Gasteiger partial charge in [0.15, 0.2) is 11.6 Å². The molecule has 1 N–H and O–H groups in total. The molecule has 2 aromatic rings. The lowest BCUT2D eigenvalue weighted by molar-refractivity contribution is 0.0945. The molecule has 2 rings (SSSR count). The molecule has 0 unspecified atom stereocenters. The van der Waals surface area contributed by atoms with E-state index in [9.17, 15) is 13.6 Å². The lowest BCUT2D eigenvalue weighted by Gasteiger charge is -2.07. The number of carbonyl (C=O) groups excluding carboxylic acids is 1. The Labute approximate surface area is 116 Å². The van der Waals surface area contributed by atoms with Gasteiger partial charge in [0, 0.05) is 10.7 Å². The van der Waals surface area contributed by atoms with E-state index in [1.807, 2.05) is 0 Å². The SMILES string of the molecule is O=C(NCc1ncccc1Br)c1cccc(F)c1F. The fourth-order valence-electron chi connectivity index (χ4n) is 1.49. The van der Waals surface area contributed by atoms with Crippen molar-refractivity contribution in [3.63, 3.8) is 0 Å². The van der Waals surface area contributed by atoms with Crippen LogP contribution in [0, 0.1) is 11.6 Å². The molecule has 0 radical (unpaired) electrons. The number of aromatic nitrogens is 1. The summed E-state index contributed by atoms with van der Waals surface area (Å²) in [4.78, 5) is 15.8. The number of hydrogen-bond donors (Lipinski definition) is 1. The molecule has 1 aromatic heterocycles. The van der Waals surface area contributed by atoms with Crippen LogP contribution in [-0.4, -0.2) is 10.9 Å². The van der Waals surface area contributed by atoms with Crippen LogP contribution in [0.3, 0.4) is 0 Å². The number of rotatable bonds is 3. The zero-order valence-electron chi connectivity index (χ0n) is 9.66. The summed E-state index contributed by atoms with van der Waals surface area (Å²) in [5, 5.41) is 2.49. The van der Waals surface area contributed by atoms with Gasteiger partial charge in [-0.1, -0.05) is 6.07 Å². The van der Waals surface area contributed by atoms with Crippen LogP contribution in [0.15, 0.2) is 41.0 Å². The van der Waals surface area contributed by atoms with Gasteiger partial charge in [0.25, 0.3) is 5.91 Å². The Morgan fingerprint density at radius 2 is 2.05 bits per heavy atom. The van der Waals surface area contributed by atoms with E-state index in [-0.39, 0.29) is 12.1 Å². The minimum atomic E-state index is -1.15. The summed E-state index contributed by atoms with van der Waals surface area (Å²) in [5.41, 5.74) is 0.278. The Bertz CT molecular complexity index is 619. The standard InChI is InChI=1S/C13H9BrF2N2O/c14-9-4-2-6-17-11(9)7-18-13(19)8-3-1-5-10(15)12(8)16/h1-6H,7H2,(H,18,19). The molecule has 19 heavy (non-hydrogen) atoms. The van der Waals surface area contributed by atoms with Crippen molar-refractivity contribution in [3.8, 4) is 0 Å². The minimum Gasteiger partial charge on any atom is -0.346 e. The van der Waals surface area contributed by atoms with Crippen LogP contribution in [0.1, 0.15) is 16.1 Å². The second kappa shape index (κ2) is 5.88. The Morgan fingerprint density at radius 1 is 1.26 bits per heavy atom. The lowest BCUT2D eigenvalue weighted by atomic mass is 10.2. The summed E-state index contributed by atoms with van der Waals surface area (Å²) in [6.07, 6.45) is 1.58. The van der Waals surface area contributed by atoms with Crippen LogP contribution >= 0.6 is 15.9 Å². The molecule has 1 aromatic carbocycles. The lowest BCUT2D eigenvalue weighted by Crippen LogP contribution is -2.24. The highest BCUT2D eigenvalue weighted by atomic mass is 79.9. The average Bonchev–Trinajstić information content (AvgIpc) is 2.40. The summed E-state index contributed by atoms with van der Waals surface area (Å²) >= 11 is 3.28. The van der Waals surface area contributed by atoms with Gasteiger partial charge in [-0.25, -0.2) is 8.78 Å². The van der Waals surface area contributed by atoms with Gasteiger partial charge in [0.05, 0.1) is 17.8 Å². The molecule has 1 heterocycles. The maximum atomic E-state index is 13.4. The van der Waals surface area contributed by atoms with Crippen molar-refractivity contribution in [2.24, 2.45) is 0 Å². The van der Waals surface area contributed by atoms with E-state index in [4.69, 9.17) is 0 Å². The van der Waals surface area contributed by atoms with Crippen molar-refractivity contribution < 1.29 is 13.6 Å². The normalized spacial score (nSPS) is 10.3. The van der Waals surface area contributed by atoms with Crippen molar-refractivity contribution in [3.05, 3.63) is 63.9 Å². The molecule has 0 spiro atoms. The zero-order chi connectivity index (χ0) is 13.8. The van der Waals surface area contributed by atoms with Crippen LogP contribution in [-0.2, 0) is 6.54 Å². The predicted octanol–water partition coefficient (Wildman–Crippen LogP) is 3.05. The van der Waals surface area contributed by atoms with E-state index < -0.39 is 17.5 Å². The number of hydrogen-bond acceptors (Lipinski definition) is 2. The van der Waals surface area contributed by atoms with E-state index in [1.165, 1.54) is 12.1 Å². The molecule has 6 heteroatoms. The van der Waals surface area contributed by atoms with Gasteiger partial charge < -0.3 is 5.32 Å². The quantitative estimate of drug-likeness (QED) is 0.941. The maximum absolute atomic E-state index is 13.4. The summed E-state index contributed by atoms with van der Waals surface area (Å²) in [6, 6.07) is 6.98. The number of benzene rings is 1. The van der Waals surface area contributed by atoms with Crippen molar-refractivity contribution in [2.45, 2.75) is 6.54 Å². The first-order valence-electron chi connectivity index (χ1n) is 5.41. The highest BCUT2D eigenvalue weighted by Gasteiger charge is 2.15. The van der Waals surface area contributed by atoms with Gasteiger partial charge >= 0.3 is 0 Å². The van der Waals surface area contributed by atoms with Crippen LogP contribution in [0.4, 0.5) is 8.78 Å². The van der Waals surface area contributed by atoms with E-state index in [0.29, 0.717) is 5.69 Å². The highest BCUT2D eigenvalue weighted by molar-refractivity contribution is 9.10. The Balaban J connectivity index is 2.10. The molecule has 3 nitrogen and oxygen atoms in total. The van der Waals surface area contributed by atoms with Gasteiger partial charge in [-0.2, -0.15) is 0 Å². The van der Waals surface area contributed by atoms with Crippen LogP contribution in [0.2, 0.25) is 0 Å². The second-order valence-corrected chi connectivity index (χ2v) is 4.57. The molecule has 1 amide bonds. The van der Waals surface area contributed by atoms with Crippen molar-refractivity contribution >= 4 is 21.8 Å². The van der Waals surface area contributed by atoms with E-state index >= 15 is 0 Å². The molecule has 0 aliphatic rings. The molecule has 0 saturated heterocycles. The van der Waals surface area contributed by atoms with Crippen LogP contribution < -0.4 is 5.32 Å². The van der Waals surface area contributed by atoms with Crippen molar-refractivity contribution in [2.75, 3.05) is 0 Å². The number of amides is 1. The molecule has 0 saturated carbocycles. The minimum absolute atomic E-state index is 0.121. The Hall–Kier alpha value is -1.82. The van der Waals surface area contributed by atoms with Crippen LogP contribution in [0.5, 0.6) is 0 Å². The number of nitrogens with one attached hydrogen (secondary N) is 1. The first kappa shape index (κ1) is 13.6. The number of pyridine rings is 1. The third-order valence-electron chi connectivity index (χ3n) is 2.45. The molecule has 0 bridgehead atoms. The fraction of sp³-hybridized carbons (Fsp3) is 0.0769.